The van der Waals surface area contributed by atoms with E-state index in [0.717, 1.165) is 25.0 Å². The molecule has 1 atom stereocenters. The van der Waals surface area contributed by atoms with Crippen LogP contribution in [0.1, 0.15) is 62.9 Å². The standard InChI is InChI=1S/C18H24N4O4/c1-4-12-8-14(26-20-12)10-21-15-7-11(17(23)24)9-19-16(15)22(18(21)25)13(5-2)6-3/h7,9,13-14H,4-6,8,10H2,1-3H3,(H,23,24). The highest BCUT2D eigenvalue weighted by atomic mass is 16.6. The van der Waals surface area contributed by atoms with Crippen LogP contribution in [0.3, 0.4) is 0 Å². The number of hydrogen-bond acceptors (Lipinski definition) is 5. The number of aromatic carboxylic acids is 1. The molecule has 1 aliphatic heterocycles. The normalized spacial score (nSPS) is 16.9. The van der Waals surface area contributed by atoms with E-state index in [1.165, 1.54) is 12.3 Å². The minimum atomic E-state index is -1.07. The van der Waals surface area contributed by atoms with Gasteiger partial charge < -0.3 is 9.94 Å². The summed E-state index contributed by atoms with van der Waals surface area (Å²) in [6.07, 6.45) is 4.15. The van der Waals surface area contributed by atoms with Gasteiger partial charge in [-0.15, -0.1) is 0 Å². The van der Waals surface area contributed by atoms with Gasteiger partial charge in [-0.1, -0.05) is 25.9 Å². The lowest BCUT2D eigenvalue weighted by atomic mass is 10.1. The summed E-state index contributed by atoms with van der Waals surface area (Å²) < 4.78 is 3.25. The van der Waals surface area contributed by atoms with Gasteiger partial charge in [0.25, 0.3) is 0 Å². The number of aromatic nitrogens is 3. The molecule has 8 nitrogen and oxygen atoms in total. The molecule has 8 heteroatoms. The second-order valence-corrected chi connectivity index (χ2v) is 6.55. The van der Waals surface area contributed by atoms with Gasteiger partial charge in [-0.3, -0.25) is 9.13 Å². The van der Waals surface area contributed by atoms with Crippen LogP contribution in [0, 0.1) is 0 Å². The third kappa shape index (κ3) is 3.11. The van der Waals surface area contributed by atoms with Gasteiger partial charge in [-0.05, 0) is 25.3 Å². The van der Waals surface area contributed by atoms with E-state index in [9.17, 15) is 14.7 Å². The molecule has 0 radical (unpaired) electrons. The van der Waals surface area contributed by atoms with Crippen molar-refractivity contribution in [1.82, 2.24) is 14.1 Å². The molecule has 1 unspecified atom stereocenters. The summed E-state index contributed by atoms with van der Waals surface area (Å²) in [5.74, 6) is -1.07. The number of imidazole rings is 1. The summed E-state index contributed by atoms with van der Waals surface area (Å²) in [5.41, 5.74) is 1.89. The highest BCUT2D eigenvalue weighted by Gasteiger charge is 2.26. The zero-order valence-electron chi connectivity index (χ0n) is 15.3. The molecular weight excluding hydrogens is 336 g/mol. The van der Waals surface area contributed by atoms with Crippen molar-refractivity contribution in [3.63, 3.8) is 0 Å². The van der Waals surface area contributed by atoms with Crippen LogP contribution < -0.4 is 5.69 Å². The van der Waals surface area contributed by atoms with Gasteiger partial charge in [0.05, 0.1) is 23.3 Å². The minimum Gasteiger partial charge on any atom is -0.478 e. The van der Waals surface area contributed by atoms with Crippen LogP contribution in [0.25, 0.3) is 11.2 Å². The largest absolute Gasteiger partial charge is 0.478 e. The molecule has 1 N–H and O–H groups in total. The smallest absolute Gasteiger partial charge is 0.337 e. The van der Waals surface area contributed by atoms with Gasteiger partial charge in [-0.2, -0.15) is 0 Å². The molecule has 26 heavy (non-hydrogen) atoms. The highest BCUT2D eigenvalue weighted by Crippen LogP contribution is 2.23. The van der Waals surface area contributed by atoms with Crippen LogP contribution in [-0.4, -0.2) is 37.0 Å². The van der Waals surface area contributed by atoms with E-state index in [-0.39, 0.29) is 23.4 Å². The zero-order valence-corrected chi connectivity index (χ0v) is 15.3. The van der Waals surface area contributed by atoms with Crippen LogP contribution in [0.5, 0.6) is 0 Å². The van der Waals surface area contributed by atoms with Crippen molar-refractivity contribution in [1.29, 1.82) is 0 Å². The topological polar surface area (TPSA) is 98.7 Å². The van der Waals surface area contributed by atoms with E-state index >= 15 is 0 Å². The van der Waals surface area contributed by atoms with Crippen LogP contribution >= 0.6 is 0 Å². The summed E-state index contributed by atoms with van der Waals surface area (Å²) in [7, 11) is 0. The predicted molar refractivity (Wildman–Crippen MR) is 97.8 cm³/mol. The first kappa shape index (κ1) is 18.2. The summed E-state index contributed by atoms with van der Waals surface area (Å²) >= 11 is 0. The Kier molecular flexibility index (Phi) is 5.11. The Morgan fingerprint density at radius 3 is 2.69 bits per heavy atom. The molecule has 0 bridgehead atoms. The van der Waals surface area contributed by atoms with Crippen LogP contribution in [0.2, 0.25) is 0 Å². The SMILES string of the molecule is CCC1=NOC(Cn2c(=O)n(C(CC)CC)c3ncc(C(=O)O)cc32)C1. The molecule has 2 aromatic heterocycles. The second kappa shape index (κ2) is 7.31. The Morgan fingerprint density at radius 1 is 1.38 bits per heavy atom. The zero-order chi connectivity index (χ0) is 18.8. The number of rotatable bonds is 7. The molecule has 3 heterocycles. The Labute approximate surface area is 151 Å². The van der Waals surface area contributed by atoms with E-state index in [1.54, 1.807) is 9.13 Å². The molecule has 1 aliphatic rings. The average molecular weight is 360 g/mol. The Bertz CT molecular complexity index is 908. The maximum atomic E-state index is 13.1. The van der Waals surface area contributed by atoms with Crippen LogP contribution in [0.4, 0.5) is 0 Å². The number of pyridine rings is 1. The van der Waals surface area contributed by atoms with Crippen molar-refractivity contribution >= 4 is 22.8 Å². The fourth-order valence-corrected chi connectivity index (χ4v) is 3.43. The van der Waals surface area contributed by atoms with E-state index in [0.29, 0.717) is 24.1 Å². The van der Waals surface area contributed by atoms with E-state index in [2.05, 4.69) is 10.1 Å². The molecular formula is C18H24N4O4. The number of nitrogens with zero attached hydrogens (tertiary/aromatic N) is 4. The van der Waals surface area contributed by atoms with E-state index in [1.807, 2.05) is 20.8 Å². The lowest BCUT2D eigenvalue weighted by molar-refractivity contribution is 0.0696. The first-order valence-corrected chi connectivity index (χ1v) is 9.05. The number of carboxylic acids is 1. The van der Waals surface area contributed by atoms with Gasteiger partial charge in [0.1, 0.15) is 0 Å². The van der Waals surface area contributed by atoms with Crippen molar-refractivity contribution in [2.45, 2.75) is 65.1 Å². The van der Waals surface area contributed by atoms with Gasteiger partial charge in [-0.25, -0.2) is 14.6 Å². The highest BCUT2D eigenvalue weighted by molar-refractivity contribution is 5.91. The first-order chi connectivity index (χ1) is 12.5. The number of carbonyl (C=O) groups is 1. The second-order valence-electron chi connectivity index (χ2n) is 6.55. The maximum absolute atomic E-state index is 13.1. The van der Waals surface area contributed by atoms with Gasteiger partial charge in [0.2, 0.25) is 0 Å². The molecule has 0 saturated heterocycles. The quantitative estimate of drug-likeness (QED) is 0.818. The Hall–Kier alpha value is -2.64. The Balaban J connectivity index is 2.10. The van der Waals surface area contributed by atoms with Gasteiger partial charge >= 0.3 is 11.7 Å². The predicted octanol–water partition coefficient (Wildman–Crippen LogP) is 2.81. The first-order valence-electron chi connectivity index (χ1n) is 9.05. The minimum absolute atomic E-state index is 0.0152. The fraction of sp³-hybridized carbons (Fsp3) is 0.556. The molecule has 2 aromatic rings. The molecule has 0 aliphatic carbocycles. The van der Waals surface area contributed by atoms with Crippen molar-refractivity contribution in [3.8, 4) is 0 Å². The lowest BCUT2D eigenvalue weighted by Crippen LogP contribution is -2.30. The summed E-state index contributed by atoms with van der Waals surface area (Å²) in [6, 6.07) is 1.53. The maximum Gasteiger partial charge on any atom is 0.337 e. The van der Waals surface area contributed by atoms with Gasteiger partial charge in [0.15, 0.2) is 11.8 Å². The van der Waals surface area contributed by atoms with E-state index < -0.39 is 5.97 Å². The monoisotopic (exact) mass is 360 g/mol. The van der Waals surface area contributed by atoms with Crippen LogP contribution in [-0.2, 0) is 11.4 Å². The molecule has 0 saturated carbocycles. The molecule has 3 rings (SSSR count). The van der Waals surface area contributed by atoms with Crippen molar-refractivity contribution in [3.05, 3.63) is 28.3 Å². The van der Waals surface area contributed by atoms with Crippen molar-refractivity contribution < 1.29 is 14.7 Å². The van der Waals surface area contributed by atoms with Crippen molar-refractivity contribution in [2.75, 3.05) is 0 Å². The molecule has 0 amide bonds. The number of fused-ring (bicyclic) bond motifs is 1. The molecule has 0 fully saturated rings. The molecule has 0 spiro atoms. The van der Waals surface area contributed by atoms with Crippen LogP contribution in [0.15, 0.2) is 22.2 Å². The third-order valence-corrected chi connectivity index (χ3v) is 4.95. The van der Waals surface area contributed by atoms with E-state index in [4.69, 9.17) is 4.84 Å². The summed E-state index contributed by atoms with van der Waals surface area (Å²) in [5, 5.41) is 13.3. The number of hydrogen-bond donors (Lipinski definition) is 1. The van der Waals surface area contributed by atoms with Crippen molar-refractivity contribution in [2.24, 2.45) is 5.16 Å². The Morgan fingerprint density at radius 2 is 2.12 bits per heavy atom. The third-order valence-electron chi connectivity index (χ3n) is 4.95. The fourth-order valence-electron chi connectivity index (χ4n) is 3.43. The average Bonchev–Trinajstić information content (AvgIpc) is 3.20. The summed E-state index contributed by atoms with van der Waals surface area (Å²) in [4.78, 5) is 34.2. The van der Waals surface area contributed by atoms with Gasteiger partial charge in [0, 0.05) is 18.7 Å². The molecule has 0 aromatic carbocycles. The number of oxime groups is 1. The molecule has 140 valence electrons. The lowest BCUT2D eigenvalue weighted by Gasteiger charge is -2.13. The number of carboxylic acid groups (broad SMARTS) is 1. The summed E-state index contributed by atoms with van der Waals surface area (Å²) in [6.45, 7) is 6.38.